The van der Waals surface area contributed by atoms with Crippen LogP contribution in [0.3, 0.4) is 0 Å². The number of hydrogen-bond acceptors (Lipinski definition) is 6. The number of ether oxygens (including phenoxy) is 2. The number of alkyl halides is 3. The minimum absolute atomic E-state index is 0.0274. The van der Waals surface area contributed by atoms with E-state index in [0.717, 1.165) is 36.8 Å². The molecule has 3 aliphatic rings. The van der Waals surface area contributed by atoms with Gasteiger partial charge in [-0.15, -0.1) is 13.2 Å². The van der Waals surface area contributed by atoms with Crippen molar-refractivity contribution in [2.45, 2.75) is 64.0 Å². The minimum Gasteiger partial charge on any atom is -0.504 e. The van der Waals surface area contributed by atoms with Crippen molar-refractivity contribution in [3.63, 3.8) is 0 Å². The summed E-state index contributed by atoms with van der Waals surface area (Å²) in [6.45, 7) is 2.26. The summed E-state index contributed by atoms with van der Waals surface area (Å²) in [5, 5.41) is 25.6. The van der Waals surface area contributed by atoms with Gasteiger partial charge in [0.15, 0.2) is 11.5 Å². The first-order valence-electron chi connectivity index (χ1n) is 12.2. The highest BCUT2D eigenvalue weighted by atomic mass is 19.4. The average Bonchev–Trinajstić information content (AvgIpc) is 3.13. The topological polar surface area (TPSA) is 80.5 Å². The van der Waals surface area contributed by atoms with E-state index in [-0.39, 0.29) is 41.5 Å². The van der Waals surface area contributed by atoms with E-state index in [1.807, 2.05) is 6.07 Å². The van der Waals surface area contributed by atoms with Crippen molar-refractivity contribution in [3.8, 4) is 17.2 Å². The molecular weight excluding hydrogens is 475 g/mol. The number of nitrogens with zero attached hydrogens (tertiary/aromatic N) is 1. The number of oxime groups is 1. The molecule has 0 heterocycles. The minimum atomic E-state index is -4.74. The Morgan fingerprint density at radius 2 is 1.86 bits per heavy atom. The zero-order chi connectivity index (χ0) is 25.7. The number of methoxy groups -OCH3 is 1. The molecule has 2 aromatic rings. The maximum atomic E-state index is 12.4. The van der Waals surface area contributed by atoms with Crippen molar-refractivity contribution in [1.29, 1.82) is 0 Å². The molecular formula is C27H30F3NO5. The van der Waals surface area contributed by atoms with Gasteiger partial charge in [0.25, 0.3) is 0 Å². The molecule has 36 heavy (non-hydrogen) atoms. The summed E-state index contributed by atoms with van der Waals surface area (Å²) < 4.78 is 46.5. The normalized spacial score (nSPS) is 30.3. The Hall–Kier alpha value is -2.94. The number of phenolic OH excluding ortho intramolecular Hbond substituents is 1. The van der Waals surface area contributed by atoms with E-state index in [1.54, 1.807) is 6.07 Å². The van der Waals surface area contributed by atoms with Crippen LogP contribution >= 0.6 is 0 Å². The molecule has 2 saturated carbocycles. The smallest absolute Gasteiger partial charge is 0.504 e. The van der Waals surface area contributed by atoms with Gasteiger partial charge in [0, 0.05) is 5.56 Å². The third-order valence-corrected chi connectivity index (χ3v) is 8.44. The molecule has 0 radical (unpaired) electrons. The summed E-state index contributed by atoms with van der Waals surface area (Å²) in [6, 6.07) is 9.03. The lowest BCUT2D eigenvalue weighted by Gasteiger charge is -2.50. The maximum absolute atomic E-state index is 12.4. The summed E-state index contributed by atoms with van der Waals surface area (Å²) >= 11 is 0. The molecule has 0 aliphatic heterocycles. The molecule has 0 spiro atoms. The fourth-order valence-corrected chi connectivity index (χ4v) is 6.63. The summed E-state index contributed by atoms with van der Waals surface area (Å²) in [5.41, 5.74) is 3.13. The molecule has 0 aromatic heterocycles. The number of fused-ring (bicyclic) bond motifs is 5. The highest BCUT2D eigenvalue weighted by Gasteiger charge is 2.55. The van der Waals surface area contributed by atoms with Crippen molar-refractivity contribution < 1.29 is 37.7 Å². The van der Waals surface area contributed by atoms with Crippen molar-refractivity contribution in [3.05, 3.63) is 53.1 Å². The fraction of sp³-hybridized carbons (Fsp3) is 0.519. The molecule has 2 fully saturated rings. The Morgan fingerprint density at radius 1 is 1.11 bits per heavy atom. The summed E-state index contributed by atoms with van der Waals surface area (Å²) in [7, 11) is 1.52. The molecule has 5 rings (SSSR count). The Balaban J connectivity index is 1.40. The predicted octanol–water partition coefficient (Wildman–Crippen LogP) is 5.89. The van der Waals surface area contributed by atoms with Gasteiger partial charge >= 0.3 is 6.36 Å². The van der Waals surface area contributed by atoms with Crippen molar-refractivity contribution in [1.82, 2.24) is 0 Å². The first-order valence-corrected chi connectivity index (χ1v) is 12.2. The lowest BCUT2D eigenvalue weighted by Crippen LogP contribution is -2.45. The van der Waals surface area contributed by atoms with E-state index >= 15 is 0 Å². The molecule has 9 heteroatoms. The van der Waals surface area contributed by atoms with E-state index in [0.29, 0.717) is 29.4 Å². The number of hydrogen-bond donors (Lipinski definition) is 2. The lowest BCUT2D eigenvalue weighted by molar-refractivity contribution is -0.274. The third-order valence-electron chi connectivity index (χ3n) is 8.44. The zero-order valence-corrected chi connectivity index (χ0v) is 20.2. The highest BCUT2D eigenvalue weighted by molar-refractivity contribution is 6.03. The van der Waals surface area contributed by atoms with Crippen molar-refractivity contribution >= 4 is 5.71 Å². The third kappa shape index (κ3) is 4.49. The molecule has 194 valence electrons. The van der Waals surface area contributed by atoms with Gasteiger partial charge in [-0.3, -0.25) is 0 Å². The van der Waals surface area contributed by atoms with Crippen LogP contribution in [-0.2, 0) is 11.4 Å². The second-order valence-corrected chi connectivity index (χ2v) is 10.3. The quantitative estimate of drug-likeness (QED) is 0.495. The van der Waals surface area contributed by atoms with Gasteiger partial charge in [0.05, 0.1) is 18.9 Å². The molecule has 2 aromatic carbocycles. The van der Waals surface area contributed by atoms with E-state index in [1.165, 1.54) is 31.4 Å². The number of aliphatic hydroxyl groups excluding tert-OH is 1. The van der Waals surface area contributed by atoms with Gasteiger partial charge in [0.2, 0.25) is 0 Å². The van der Waals surface area contributed by atoms with E-state index in [4.69, 9.17) is 9.57 Å². The van der Waals surface area contributed by atoms with Crippen LogP contribution in [-0.4, -0.2) is 35.5 Å². The maximum Gasteiger partial charge on any atom is 0.573 e. The van der Waals surface area contributed by atoms with Gasteiger partial charge in [-0.05, 0) is 90.7 Å². The Kier molecular flexibility index (Phi) is 6.31. The molecule has 6 nitrogen and oxygen atoms in total. The van der Waals surface area contributed by atoms with Crippen LogP contribution in [0, 0.1) is 17.3 Å². The van der Waals surface area contributed by atoms with Crippen LogP contribution in [0.25, 0.3) is 0 Å². The van der Waals surface area contributed by atoms with E-state index < -0.39 is 6.36 Å². The molecule has 5 atom stereocenters. The number of aromatic hydroxyl groups is 1. The first kappa shape index (κ1) is 24.7. The van der Waals surface area contributed by atoms with Gasteiger partial charge in [-0.1, -0.05) is 24.2 Å². The van der Waals surface area contributed by atoms with Crippen LogP contribution in [0.4, 0.5) is 13.2 Å². The monoisotopic (exact) mass is 505 g/mol. The Bertz CT molecular complexity index is 1150. The molecule has 1 unspecified atom stereocenters. The number of phenols is 1. The van der Waals surface area contributed by atoms with Crippen LogP contribution in [0.2, 0.25) is 0 Å². The van der Waals surface area contributed by atoms with Gasteiger partial charge < -0.3 is 24.5 Å². The lowest BCUT2D eigenvalue weighted by atomic mass is 9.55. The van der Waals surface area contributed by atoms with Gasteiger partial charge in [-0.25, -0.2) is 0 Å². The molecule has 2 N–H and O–H groups in total. The summed E-state index contributed by atoms with van der Waals surface area (Å²) in [5.74, 6) is 1.05. The number of benzene rings is 2. The molecule has 0 bridgehead atoms. The average molecular weight is 506 g/mol. The zero-order valence-electron chi connectivity index (χ0n) is 20.2. The SMILES string of the molecule is COc1cc2c(cc1O)C(=NOCc1ccc(OC(F)(F)F)cc1)C[C@@H]1[C@@H]2CC[C@]2(C)C(O)CC[C@@H]12. The second-order valence-electron chi connectivity index (χ2n) is 10.3. The van der Waals surface area contributed by atoms with Crippen LogP contribution in [0.1, 0.15) is 61.6 Å². The van der Waals surface area contributed by atoms with Crippen molar-refractivity contribution in [2.24, 2.45) is 22.4 Å². The predicted molar refractivity (Wildman–Crippen MR) is 126 cm³/mol. The largest absolute Gasteiger partial charge is 0.573 e. The highest BCUT2D eigenvalue weighted by Crippen LogP contribution is 2.61. The molecule has 0 saturated heterocycles. The first-order chi connectivity index (χ1) is 17.1. The summed E-state index contributed by atoms with van der Waals surface area (Å²) in [6.07, 6.45) is -0.739. The fourth-order valence-electron chi connectivity index (χ4n) is 6.63. The number of aliphatic hydroxyl groups is 1. The van der Waals surface area contributed by atoms with E-state index in [9.17, 15) is 23.4 Å². The van der Waals surface area contributed by atoms with Crippen LogP contribution in [0.15, 0.2) is 41.6 Å². The molecule has 0 amide bonds. The number of halogens is 3. The summed E-state index contributed by atoms with van der Waals surface area (Å²) in [4.78, 5) is 5.65. The van der Waals surface area contributed by atoms with Crippen LogP contribution in [0.5, 0.6) is 17.2 Å². The Morgan fingerprint density at radius 3 is 2.56 bits per heavy atom. The van der Waals surface area contributed by atoms with Gasteiger partial charge in [-0.2, -0.15) is 0 Å². The second kappa shape index (κ2) is 9.18. The number of rotatable bonds is 5. The standard InChI is InChI=1S/C27H30F3NO5/c1-26-10-9-17-18-13-24(34-2)23(32)12-20(18)22(11-19(17)21(26)7-8-25(26)33)31-35-14-15-3-5-16(6-4-15)36-27(28,29)30/h3-6,12-13,17,19,21,25,32-33H,7-11,14H2,1-2H3/t17-,19-,21+,25?,26+/m1/s1. The van der Waals surface area contributed by atoms with Crippen molar-refractivity contribution in [2.75, 3.05) is 7.11 Å². The van der Waals surface area contributed by atoms with Gasteiger partial charge in [0.1, 0.15) is 12.4 Å². The van der Waals surface area contributed by atoms with Crippen LogP contribution < -0.4 is 9.47 Å². The van der Waals surface area contributed by atoms with E-state index in [2.05, 4.69) is 16.8 Å². The molecule has 3 aliphatic carbocycles. The Labute approximate surface area is 207 Å².